The Hall–Kier alpha value is -2.95. The largest absolute Gasteiger partial charge is 0.337 e. The number of sulfonamides is 1. The SMILES string of the molecule is CC1=CN(S(C)(=O)=O)C(N(Cc2ccc3ccccc3c2)c2ccc(C#N)cc2)S1. The Morgan fingerprint density at radius 3 is 2.43 bits per heavy atom. The van der Waals surface area contributed by atoms with Crippen LogP contribution in [0.5, 0.6) is 0 Å². The van der Waals surface area contributed by atoms with Crippen LogP contribution in [0.4, 0.5) is 5.69 Å². The van der Waals surface area contributed by atoms with Gasteiger partial charge in [-0.25, -0.2) is 12.7 Å². The van der Waals surface area contributed by atoms with Crippen molar-refractivity contribution in [2.24, 2.45) is 0 Å². The second-order valence-electron chi connectivity index (χ2n) is 7.24. The molecule has 30 heavy (non-hydrogen) atoms. The third-order valence-electron chi connectivity index (χ3n) is 4.96. The minimum Gasteiger partial charge on any atom is -0.337 e. The van der Waals surface area contributed by atoms with Gasteiger partial charge in [-0.05, 0) is 53.6 Å². The minimum absolute atomic E-state index is 0.431. The monoisotopic (exact) mass is 435 g/mol. The molecule has 0 amide bonds. The van der Waals surface area contributed by atoms with Gasteiger partial charge in [0.2, 0.25) is 10.0 Å². The lowest BCUT2D eigenvalue weighted by Crippen LogP contribution is -2.44. The smallest absolute Gasteiger partial charge is 0.234 e. The van der Waals surface area contributed by atoms with Crippen molar-refractivity contribution >= 4 is 38.2 Å². The van der Waals surface area contributed by atoms with Crippen molar-refractivity contribution in [3.05, 3.63) is 89.0 Å². The molecule has 1 heterocycles. The van der Waals surface area contributed by atoms with Crippen molar-refractivity contribution in [3.8, 4) is 6.07 Å². The molecule has 1 aliphatic rings. The molecular formula is C23H21N3O2S2. The van der Waals surface area contributed by atoms with E-state index < -0.39 is 15.5 Å². The molecule has 0 aromatic heterocycles. The van der Waals surface area contributed by atoms with E-state index in [4.69, 9.17) is 5.26 Å². The highest BCUT2D eigenvalue weighted by molar-refractivity contribution is 8.04. The Balaban J connectivity index is 1.75. The number of hydrogen-bond donors (Lipinski definition) is 0. The van der Waals surface area contributed by atoms with Crippen LogP contribution in [-0.4, -0.2) is 24.5 Å². The summed E-state index contributed by atoms with van der Waals surface area (Å²) in [5, 5.41) is 11.4. The van der Waals surface area contributed by atoms with Crippen LogP contribution in [-0.2, 0) is 16.6 Å². The summed E-state index contributed by atoms with van der Waals surface area (Å²) in [5.74, 6) is 0. The first-order valence-electron chi connectivity index (χ1n) is 9.43. The molecule has 3 aromatic carbocycles. The average Bonchev–Trinajstić information content (AvgIpc) is 3.14. The topological polar surface area (TPSA) is 64.4 Å². The number of anilines is 1. The number of benzene rings is 3. The van der Waals surface area contributed by atoms with Gasteiger partial charge in [-0.2, -0.15) is 5.26 Å². The molecule has 0 radical (unpaired) electrons. The summed E-state index contributed by atoms with van der Waals surface area (Å²) in [4.78, 5) is 2.99. The van der Waals surface area contributed by atoms with Crippen LogP contribution >= 0.6 is 11.8 Å². The molecule has 0 saturated heterocycles. The number of fused-ring (bicyclic) bond motifs is 1. The van der Waals surface area contributed by atoms with Crippen molar-refractivity contribution in [2.75, 3.05) is 11.2 Å². The summed E-state index contributed by atoms with van der Waals surface area (Å²) in [6, 6.07) is 23.8. The number of thioether (sulfide) groups is 1. The first-order chi connectivity index (χ1) is 14.3. The summed E-state index contributed by atoms with van der Waals surface area (Å²) >= 11 is 1.51. The van der Waals surface area contributed by atoms with Crippen molar-refractivity contribution in [1.29, 1.82) is 5.26 Å². The van der Waals surface area contributed by atoms with Crippen LogP contribution in [0.25, 0.3) is 10.8 Å². The second-order valence-corrected chi connectivity index (χ2v) is 10.4. The molecule has 4 rings (SSSR count). The third kappa shape index (κ3) is 4.16. The molecule has 1 unspecified atom stereocenters. The Labute approximate surface area is 181 Å². The van der Waals surface area contributed by atoms with Crippen molar-refractivity contribution < 1.29 is 8.42 Å². The van der Waals surface area contributed by atoms with Crippen LogP contribution < -0.4 is 4.90 Å². The maximum atomic E-state index is 12.5. The normalized spacial score (nSPS) is 16.4. The van der Waals surface area contributed by atoms with E-state index in [0.29, 0.717) is 12.1 Å². The number of nitriles is 1. The highest BCUT2D eigenvalue weighted by atomic mass is 32.2. The molecule has 3 aromatic rings. The summed E-state index contributed by atoms with van der Waals surface area (Å²) < 4.78 is 26.3. The zero-order chi connectivity index (χ0) is 21.3. The predicted octanol–water partition coefficient (Wildman–Crippen LogP) is 4.87. The fourth-order valence-electron chi connectivity index (χ4n) is 3.51. The Bertz CT molecular complexity index is 1260. The van der Waals surface area contributed by atoms with Crippen LogP contribution in [0, 0.1) is 11.3 Å². The molecule has 1 aliphatic heterocycles. The van der Waals surface area contributed by atoms with Crippen LogP contribution in [0.2, 0.25) is 0 Å². The van der Waals surface area contributed by atoms with E-state index >= 15 is 0 Å². The van der Waals surface area contributed by atoms with E-state index in [0.717, 1.165) is 26.9 Å². The minimum atomic E-state index is -3.44. The van der Waals surface area contributed by atoms with Gasteiger partial charge in [-0.15, -0.1) is 0 Å². The molecule has 7 heteroatoms. The molecule has 0 saturated carbocycles. The summed E-state index contributed by atoms with van der Waals surface area (Å²) in [6.07, 6.45) is 2.91. The lowest BCUT2D eigenvalue weighted by Gasteiger charge is -2.35. The van der Waals surface area contributed by atoms with Crippen molar-refractivity contribution in [1.82, 2.24) is 4.31 Å². The van der Waals surface area contributed by atoms with E-state index in [1.165, 1.54) is 22.3 Å². The summed E-state index contributed by atoms with van der Waals surface area (Å²) in [5.41, 5.74) is 2.07. The molecule has 0 spiro atoms. The first-order valence-corrected chi connectivity index (χ1v) is 12.2. The highest BCUT2D eigenvalue weighted by Gasteiger charge is 2.35. The standard InChI is InChI=1S/C23H21N3O2S2/c1-17-15-26(30(2,27)28)23(29-17)25(22-11-8-18(14-24)9-12-22)16-19-7-10-20-5-3-4-6-21(20)13-19/h3-13,15,23H,16H2,1-2H3. The Kier molecular flexibility index (Phi) is 5.46. The summed E-state index contributed by atoms with van der Waals surface area (Å²) in [6.45, 7) is 2.44. The molecule has 152 valence electrons. The van der Waals surface area contributed by atoms with Gasteiger partial charge in [-0.1, -0.05) is 48.2 Å². The summed E-state index contributed by atoms with van der Waals surface area (Å²) in [7, 11) is -3.44. The van der Waals surface area contributed by atoms with E-state index in [1.54, 1.807) is 18.3 Å². The quantitative estimate of drug-likeness (QED) is 0.572. The van der Waals surface area contributed by atoms with Crippen LogP contribution in [0.3, 0.4) is 0 Å². The molecule has 0 aliphatic carbocycles. The van der Waals surface area contributed by atoms with Crippen molar-refractivity contribution in [3.63, 3.8) is 0 Å². The van der Waals surface area contributed by atoms with E-state index in [-0.39, 0.29) is 0 Å². The van der Waals surface area contributed by atoms with Gasteiger partial charge in [0.25, 0.3) is 0 Å². The number of hydrogen-bond acceptors (Lipinski definition) is 5. The average molecular weight is 436 g/mol. The van der Waals surface area contributed by atoms with Gasteiger partial charge in [-0.3, -0.25) is 0 Å². The molecule has 1 atom stereocenters. The zero-order valence-electron chi connectivity index (χ0n) is 16.7. The van der Waals surface area contributed by atoms with E-state index in [9.17, 15) is 8.42 Å². The first kappa shape index (κ1) is 20.3. The lowest BCUT2D eigenvalue weighted by atomic mass is 10.1. The van der Waals surface area contributed by atoms with Crippen LogP contribution in [0.1, 0.15) is 18.1 Å². The maximum Gasteiger partial charge on any atom is 0.234 e. The van der Waals surface area contributed by atoms with Gasteiger partial charge in [0.05, 0.1) is 17.9 Å². The fraction of sp³-hybridized carbons (Fsp3) is 0.174. The third-order valence-corrected chi connectivity index (χ3v) is 7.34. The highest BCUT2D eigenvalue weighted by Crippen LogP contribution is 2.39. The Morgan fingerprint density at radius 1 is 1.07 bits per heavy atom. The Morgan fingerprint density at radius 2 is 1.77 bits per heavy atom. The number of nitrogens with zero attached hydrogens (tertiary/aromatic N) is 3. The lowest BCUT2D eigenvalue weighted by molar-refractivity contribution is 0.475. The van der Waals surface area contributed by atoms with Gasteiger partial charge in [0.15, 0.2) is 5.50 Å². The second kappa shape index (κ2) is 8.05. The van der Waals surface area contributed by atoms with Crippen molar-refractivity contribution in [2.45, 2.75) is 19.0 Å². The molecule has 0 bridgehead atoms. The molecule has 5 nitrogen and oxygen atoms in total. The van der Waals surface area contributed by atoms with Gasteiger partial charge in [0.1, 0.15) is 0 Å². The fourth-order valence-corrected chi connectivity index (χ4v) is 5.96. The van der Waals surface area contributed by atoms with Gasteiger partial charge < -0.3 is 4.90 Å². The maximum absolute atomic E-state index is 12.5. The molecule has 0 fully saturated rings. The predicted molar refractivity (Wildman–Crippen MR) is 123 cm³/mol. The van der Waals surface area contributed by atoms with E-state index in [1.807, 2.05) is 31.2 Å². The zero-order valence-corrected chi connectivity index (χ0v) is 18.3. The van der Waals surface area contributed by atoms with Gasteiger partial charge in [0, 0.05) is 23.3 Å². The van der Waals surface area contributed by atoms with E-state index in [2.05, 4.69) is 41.3 Å². The molecular weight excluding hydrogens is 414 g/mol. The van der Waals surface area contributed by atoms with Gasteiger partial charge >= 0.3 is 0 Å². The number of allylic oxidation sites excluding steroid dienone is 1. The molecule has 0 N–H and O–H groups in total. The number of rotatable bonds is 5. The van der Waals surface area contributed by atoms with Crippen LogP contribution in [0.15, 0.2) is 77.8 Å².